The van der Waals surface area contributed by atoms with Crippen LogP contribution in [0.5, 0.6) is 0 Å². The highest BCUT2D eigenvalue weighted by Gasteiger charge is 2.36. The van der Waals surface area contributed by atoms with Crippen LogP contribution in [0.2, 0.25) is 0 Å². The van der Waals surface area contributed by atoms with Gasteiger partial charge < -0.3 is 9.45 Å². The Balaban J connectivity index is 0.000000362. The Hall–Kier alpha value is -0.340. The molecule has 0 amide bonds. The average molecular weight is 305 g/mol. The van der Waals surface area contributed by atoms with E-state index in [1.165, 1.54) is 45.2 Å². The van der Waals surface area contributed by atoms with Crippen LogP contribution in [-0.2, 0) is 10.1 Å². The first-order valence-electron chi connectivity index (χ1n) is 6.50. The summed E-state index contributed by atoms with van der Waals surface area (Å²) in [4.78, 5) is 1.88. The van der Waals surface area contributed by atoms with Crippen LogP contribution in [0.3, 0.4) is 0 Å². The molecule has 19 heavy (non-hydrogen) atoms. The Morgan fingerprint density at radius 1 is 1.26 bits per heavy atom. The summed E-state index contributed by atoms with van der Waals surface area (Å²) < 4.78 is 58.9. The van der Waals surface area contributed by atoms with Crippen LogP contribution in [-0.4, -0.2) is 37.6 Å². The first kappa shape index (κ1) is 18.7. The lowest BCUT2D eigenvalue weighted by atomic mass is 10.1. The first-order valence-corrected chi connectivity index (χ1v) is 7.91. The summed E-state index contributed by atoms with van der Waals surface area (Å²) >= 11 is 0. The number of alkyl halides is 3. The Morgan fingerprint density at radius 3 is 2.16 bits per heavy atom. The van der Waals surface area contributed by atoms with Gasteiger partial charge in [-0.25, -0.2) is 8.42 Å². The van der Waals surface area contributed by atoms with Crippen molar-refractivity contribution in [1.29, 1.82) is 0 Å². The first-order chi connectivity index (χ1) is 8.63. The zero-order valence-corrected chi connectivity index (χ0v) is 12.1. The van der Waals surface area contributed by atoms with E-state index in [1.54, 1.807) is 0 Å². The van der Waals surface area contributed by atoms with Gasteiger partial charge in [0.15, 0.2) is 10.1 Å². The quantitative estimate of drug-likeness (QED) is 0.629. The predicted octanol–water partition coefficient (Wildman–Crippen LogP) is 1.30. The van der Waals surface area contributed by atoms with Crippen molar-refractivity contribution >= 4 is 10.1 Å². The minimum atomic E-state index is -6.09. The highest BCUT2D eigenvalue weighted by molar-refractivity contribution is 7.86. The SMILES string of the molecule is CCCC1CCC[NH+]1CCC.O=S(=O)([O-])C(F)(F)F. The number of halogens is 3. The van der Waals surface area contributed by atoms with Crippen molar-refractivity contribution in [3.05, 3.63) is 0 Å². The summed E-state index contributed by atoms with van der Waals surface area (Å²) in [5, 5.41) is 0. The van der Waals surface area contributed by atoms with E-state index in [9.17, 15) is 13.2 Å². The molecule has 1 rings (SSSR count). The molecule has 1 heterocycles. The Morgan fingerprint density at radius 2 is 1.79 bits per heavy atom. The second kappa shape index (κ2) is 8.06. The predicted molar refractivity (Wildman–Crippen MR) is 64.7 cm³/mol. The summed E-state index contributed by atoms with van der Waals surface area (Å²) in [5.74, 6) is 0. The smallest absolute Gasteiger partial charge is 0.485 e. The maximum atomic E-state index is 10.7. The summed E-state index contributed by atoms with van der Waals surface area (Å²) in [7, 11) is -6.09. The third-order valence-corrected chi connectivity index (χ3v) is 3.69. The minimum absolute atomic E-state index is 1.01. The summed E-state index contributed by atoms with van der Waals surface area (Å²) in [6.07, 6.45) is 7.14. The van der Waals surface area contributed by atoms with E-state index >= 15 is 0 Å². The molecule has 0 saturated carbocycles. The van der Waals surface area contributed by atoms with Gasteiger partial charge >= 0.3 is 5.51 Å². The molecule has 1 N–H and O–H groups in total. The third kappa shape index (κ3) is 7.12. The van der Waals surface area contributed by atoms with Gasteiger partial charge in [-0.2, -0.15) is 13.2 Å². The van der Waals surface area contributed by atoms with Crippen molar-refractivity contribution in [1.82, 2.24) is 0 Å². The molecular weight excluding hydrogens is 283 g/mol. The molecule has 0 aromatic heterocycles. The minimum Gasteiger partial charge on any atom is -0.741 e. The molecule has 1 saturated heterocycles. The highest BCUT2D eigenvalue weighted by atomic mass is 32.2. The average Bonchev–Trinajstić information content (AvgIpc) is 2.65. The van der Waals surface area contributed by atoms with Gasteiger partial charge in [0.2, 0.25) is 0 Å². The largest absolute Gasteiger partial charge is 0.741 e. The Kier molecular flexibility index (Phi) is 7.92. The molecule has 2 unspecified atom stereocenters. The molecule has 1 aliphatic heterocycles. The van der Waals surface area contributed by atoms with Gasteiger partial charge in [0, 0.05) is 12.8 Å². The number of likely N-dealkylation sites (tertiary alicyclic amines) is 1. The van der Waals surface area contributed by atoms with E-state index in [4.69, 9.17) is 13.0 Å². The van der Waals surface area contributed by atoms with Crippen molar-refractivity contribution in [2.24, 2.45) is 0 Å². The molecule has 0 aromatic rings. The van der Waals surface area contributed by atoms with E-state index < -0.39 is 15.6 Å². The van der Waals surface area contributed by atoms with Crippen LogP contribution >= 0.6 is 0 Å². The molecule has 0 radical (unpaired) electrons. The zero-order chi connectivity index (χ0) is 15.1. The molecule has 2 atom stereocenters. The maximum Gasteiger partial charge on any atom is 0.485 e. The molecule has 8 heteroatoms. The van der Waals surface area contributed by atoms with Crippen molar-refractivity contribution < 1.29 is 31.0 Å². The van der Waals surface area contributed by atoms with Gasteiger partial charge in [0.05, 0.1) is 19.1 Å². The van der Waals surface area contributed by atoms with Crippen LogP contribution in [0.1, 0.15) is 46.0 Å². The maximum absolute atomic E-state index is 10.7. The summed E-state index contributed by atoms with van der Waals surface area (Å²) in [6, 6.07) is 1.01. The molecule has 4 nitrogen and oxygen atoms in total. The molecule has 0 spiro atoms. The van der Waals surface area contributed by atoms with E-state index in [-0.39, 0.29) is 0 Å². The van der Waals surface area contributed by atoms with Crippen LogP contribution in [0.25, 0.3) is 0 Å². The Labute approximate surface area is 112 Å². The molecule has 0 aliphatic carbocycles. The number of hydrogen-bond donors (Lipinski definition) is 1. The molecule has 0 bridgehead atoms. The van der Waals surface area contributed by atoms with Gasteiger partial charge in [-0.1, -0.05) is 20.3 Å². The standard InChI is InChI=1S/C10H21N.CHF3O3S/c1-3-6-10-7-5-9-11(10)8-4-2;2-1(3,4)8(5,6)7/h10H,3-9H2,1-2H3;(H,5,6,7). The third-order valence-electron chi connectivity index (χ3n) is 3.12. The lowest BCUT2D eigenvalue weighted by Crippen LogP contribution is -3.13. The van der Waals surface area contributed by atoms with E-state index in [0.717, 1.165) is 6.04 Å². The van der Waals surface area contributed by atoms with Crippen LogP contribution < -0.4 is 4.90 Å². The van der Waals surface area contributed by atoms with E-state index in [0.29, 0.717) is 0 Å². The second-order valence-electron chi connectivity index (χ2n) is 4.69. The topological polar surface area (TPSA) is 61.6 Å². The normalized spacial score (nSPS) is 23.9. The highest BCUT2D eigenvalue weighted by Crippen LogP contribution is 2.20. The van der Waals surface area contributed by atoms with Crippen LogP contribution in [0, 0.1) is 0 Å². The van der Waals surface area contributed by atoms with Crippen LogP contribution in [0.4, 0.5) is 13.2 Å². The Bertz CT molecular complexity index is 332. The molecule has 1 fully saturated rings. The van der Waals surface area contributed by atoms with Gasteiger partial charge in [-0.05, 0) is 12.8 Å². The van der Waals surface area contributed by atoms with Crippen molar-refractivity contribution in [3.8, 4) is 0 Å². The zero-order valence-electron chi connectivity index (χ0n) is 11.3. The molecule has 0 aromatic carbocycles. The molecule has 116 valence electrons. The lowest BCUT2D eigenvalue weighted by molar-refractivity contribution is -0.912. The van der Waals surface area contributed by atoms with Crippen molar-refractivity contribution in [2.75, 3.05) is 13.1 Å². The van der Waals surface area contributed by atoms with Crippen LogP contribution in [0.15, 0.2) is 0 Å². The fourth-order valence-corrected chi connectivity index (χ4v) is 2.33. The van der Waals surface area contributed by atoms with Gasteiger partial charge in [-0.3, -0.25) is 0 Å². The van der Waals surface area contributed by atoms with E-state index in [1.807, 2.05) is 4.90 Å². The monoisotopic (exact) mass is 305 g/mol. The number of nitrogens with one attached hydrogen (secondary N) is 1. The van der Waals surface area contributed by atoms with Gasteiger partial charge in [-0.15, -0.1) is 0 Å². The molecular formula is C11H22F3NO3S. The molecule has 1 aliphatic rings. The number of quaternary nitrogens is 1. The summed E-state index contributed by atoms with van der Waals surface area (Å²) in [6.45, 7) is 7.46. The van der Waals surface area contributed by atoms with Crippen molar-refractivity contribution in [3.63, 3.8) is 0 Å². The second-order valence-corrected chi connectivity index (χ2v) is 6.06. The number of rotatable bonds is 4. The number of hydrogen-bond acceptors (Lipinski definition) is 3. The summed E-state index contributed by atoms with van der Waals surface area (Å²) in [5.41, 5.74) is -5.65. The van der Waals surface area contributed by atoms with E-state index in [2.05, 4.69) is 13.8 Å². The van der Waals surface area contributed by atoms with Gasteiger partial charge in [0.1, 0.15) is 0 Å². The fourth-order valence-electron chi connectivity index (χ4n) is 2.33. The van der Waals surface area contributed by atoms with Gasteiger partial charge in [0.25, 0.3) is 0 Å². The fraction of sp³-hybridized carbons (Fsp3) is 1.00. The lowest BCUT2D eigenvalue weighted by Gasteiger charge is -2.20. The van der Waals surface area contributed by atoms with Crippen molar-refractivity contribution in [2.45, 2.75) is 57.5 Å².